The van der Waals surface area contributed by atoms with Crippen LogP contribution in [0.15, 0.2) is 42.9 Å². The third-order valence-corrected chi connectivity index (χ3v) is 7.97. The number of furan rings is 1. The van der Waals surface area contributed by atoms with Crippen LogP contribution in [-0.2, 0) is 21.4 Å². The Labute approximate surface area is 153 Å². The Morgan fingerprint density at radius 1 is 1.33 bits per heavy atom. The molecule has 0 spiro atoms. The highest BCUT2D eigenvalue weighted by molar-refractivity contribution is 9.11. The highest BCUT2D eigenvalue weighted by Crippen LogP contribution is 2.30. The summed E-state index contributed by atoms with van der Waals surface area (Å²) in [4.78, 5) is 12.2. The SMILES string of the molecule is O=C(NCc1ccco1)C1CCN(S(=O)(=O)c2ccc(Br)s2)CC1. The van der Waals surface area contributed by atoms with Crippen molar-refractivity contribution in [3.05, 3.63) is 40.1 Å². The van der Waals surface area contributed by atoms with E-state index >= 15 is 0 Å². The average Bonchev–Trinajstić information content (AvgIpc) is 3.24. The Hall–Kier alpha value is -1.16. The van der Waals surface area contributed by atoms with Gasteiger partial charge < -0.3 is 9.73 Å². The minimum atomic E-state index is -3.46. The fraction of sp³-hybridized carbons (Fsp3) is 0.400. The second-order valence-electron chi connectivity index (χ2n) is 5.53. The summed E-state index contributed by atoms with van der Waals surface area (Å²) < 4.78 is 32.9. The number of nitrogens with one attached hydrogen (secondary N) is 1. The van der Waals surface area contributed by atoms with Crippen molar-refractivity contribution in [1.82, 2.24) is 9.62 Å². The Balaban J connectivity index is 1.54. The topological polar surface area (TPSA) is 79.6 Å². The van der Waals surface area contributed by atoms with Crippen molar-refractivity contribution < 1.29 is 17.6 Å². The van der Waals surface area contributed by atoms with E-state index in [0.717, 1.165) is 3.79 Å². The molecular weight excluding hydrogens is 416 g/mol. The maximum atomic E-state index is 12.6. The zero-order valence-corrected chi connectivity index (χ0v) is 16.0. The maximum Gasteiger partial charge on any atom is 0.252 e. The lowest BCUT2D eigenvalue weighted by Gasteiger charge is -2.30. The molecule has 1 fully saturated rings. The maximum absolute atomic E-state index is 12.6. The minimum absolute atomic E-state index is 0.0534. The van der Waals surface area contributed by atoms with Crippen LogP contribution < -0.4 is 5.32 Å². The van der Waals surface area contributed by atoms with E-state index in [9.17, 15) is 13.2 Å². The molecule has 0 radical (unpaired) electrons. The zero-order chi connectivity index (χ0) is 17.2. The van der Waals surface area contributed by atoms with E-state index in [1.54, 1.807) is 30.5 Å². The van der Waals surface area contributed by atoms with Crippen LogP contribution in [0.5, 0.6) is 0 Å². The van der Waals surface area contributed by atoms with Crippen molar-refractivity contribution in [2.75, 3.05) is 13.1 Å². The number of hydrogen-bond acceptors (Lipinski definition) is 5. The Kier molecular flexibility index (Phi) is 5.43. The van der Waals surface area contributed by atoms with Crippen LogP contribution in [-0.4, -0.2) is 31.7 Å². The van der Waals surface area contributed by atoms with Gasteiger partial charge in [-0.25, -0.2) is 8.42 Å². The van der Waals surface area contributed by atoms with Crippen LogP contribution in [0.25, 0.3) is 0 Å². The van der Waals surface area contributed by atoms with Crippen molar-refractivity contribution in [3.8, 4) is 0 Å². The molecule has 1 N–H and O–H groups in total. The van der Waals surface area contributed by atoms with Gasteiger partial charge in [0.15, 0.2) is 0 Å². The van der Waals surface area contributed by atoms with Gasteiger partial charge in [0.2, 0.25) is 5.91 Å². The van der Waals surface area contributed by atoms with E-state index in [1.165, 1.54) is 15.6 Å². The summed E-state index contributed by atoms with van der Waals surface area (Å²) >= 11 is 4.49. The van der Waals surface area contributed by atoms with E-state index in [0.29, 0.717) is 42.4 Å². The molecule has 1 aliphatic rings. The van der Waals surface area contributed by atoms with E-state index in [4.69, 9.17) is 4.42 Å². The first-order chi connectivity index (χ1) is 11.5. The number of piperidine rings is 1. The van der Waals surface area contributed by atoms with Gasteiger partial charge >= 0.3 is 0 Å². The molecule has 1 saturated heterocycles. The highest BCUT2D eigenvalue weighted by Gasteiger charge is 2.32. The summed E-state index contributed by atoms with van der Waals surface area (Å²) in [6.45, 7) is 1.07. The standard InChI is InChI=1S/C15H17BrN2O4S2/c16-13-3-4-14(23-13)24(20,21)18-7-5-11(6-8-18)15(19)17-10-12-2-1-9-22-12/h1-4,9,11H,5-8,10H2,(H,17,19). The summed E-state index contributed by atoms with van der Waals surface area (Å²) in [6, 6.07) is 6.90. The smallest absolute Gasteiger partial charge is 0.252 e. The predicted octanol–water partition coefficient (Wildman–Crippen LogP) is 2.82. The van der Waals surface area contributed by atoms with E-state index in [1.807, 2.05) is 0 Å². The van der Waals surface area contributed by atoms with E-state index < -0.39 is 10.0 Å². The molecular formula is C15H17BrN2O4S2. The van der Waals surface area contributed by atoms with Crippen molar-refractivity contribution in [2.24, 2.45) is 5.92 Å². The number of halogens is 1. The van der Waals surface area contributed by atoms with Crippen LogP contribution >= 0.6 is 27.3 Å². The van der Waals surface area contributed by atoms with Gasteiger partial charge in [-0.3, -0.25) is 4.79 Å². The van der Waals surface area contributed by atoms with Crippen LogP contribution in [0.1, 0.15) is 18.6 Å². The lowest BCUT2D eigenvalue weighted by Crippen LogP contribution is -2.42. The second-order valence-corrected chi connectivity index (χ2v) is 10.2. The number of carbonyl (C=O) groups excluding carboxylic acids is 1. The number of hydrogen-bond donors (Lipinski definition) is 1. The third-order valence-electron chi connectivity index (χ3n) is 3.98. The number of nitrogens with zero attached hydrogens (tertiary/aromatic N) is 1. The molecule has 0 saturated carbocycles. The molecule has 1 aliphatic heterocycles. The second kappa shape index (κ2) is 7.38. The van der Waals surface area contributed by atoms with Gasteiger partial charge in [-0.1, -0.05) is 0 Å². The lowest BCUT2D eigenvalue weighted by atomic mass is 9.97. The summed E-state index contributed by atoms with van der Waals surface area (Å²) in [5, 5.41) is 2.84. The first kappa shape index (κ1) is 17.7. The van der Waals surface area contributed by atoms with Crippen molar-refractivity contribution >= 4 is 43.2 Å². The Morgan fingerprint density at radius 2 is 2.08 bits per heavy atom. The molecule has 1 amide bonds. The molecule has 0 aliphatic carbocycles. The van der Waals surface area contributed by atoms with Crippen molar-refractivity contribution in [2.45, 2.75) is 23.6 Å². The molecule has 2 aromatic rings. The molecule has 2 aromatic heterocycles. The molecule has 0 aromatic carbocycles. The average molecular weight is 433 g/mol. The number of sulfonamides is 1. The first-order valence-corrected chi connectivity index (χ1v) is 10.6. The molecule has 6 nitrogen and oxygen atoms in total. The molecule has 0 unspecified atom stereocenters. The minimum Gasteiger partial charge on any atom is -0.467 e. The molecule has 3 rings (SSSR count). The van der Waals surface area contributed by atoms with E-state index in [-0.39, 0.29) is 11.8 Å². The molecule has 0 atom stereocenters. The van der Waals surface area contributed by atoms with Crippen LogP contribution in [0, 0.1) is 5.92 Å². The largest absolute Gasteiger partial charge is 0.467 e. The van der Waals surface area contributed by atoms with Gasteiger partial charge in [0.25, 0.3) is 10.0 Å². The molecule has 130 valence electrons. The predicted molar refractivity (Wildman–Crippen MR) is 94.1 cm³/mol. The summed E-state index contributed by atoms with van der Waals surface area (Å²) in [7, 11) is -3.46. The third kappa shape index (κ3) is 3.90. The monoisotopic (exact) mass is 432 g/mol. The highest BCUT2D eigenvalue weighted by atomic mass is 79.9. The molecule has 9 heteroatoms. The van der Waals surface area contributed by atoms with Gasteiger partial charge in [-0.15, -0.1) is 11.3 Å². The Morgan fingerprint density at radius 3 is 2.67 bits per heavy atom. The summed E-state index contributed by atoms with van der Waals surface area (Å²) in [5.41, 5.74) is 0. The van der Waals surface area contributed by atoms with Crippen LogP contribution in [0.2, 0.25) is 0 Å². The number of rotatable bonds is 5. The summed E-state index contributed by atoms with van der Waals surface area (Å²) in [5.74, 6) is 0.482. The van der Waals surface area contributed by atoms with Crippen molar-refractivity contribution in [1.29, 1.82) is 0 Å². The van der Waals surface area contributed by atoms with Gasteiger partial charge in [-0.2, -0.15) is 4.31 Å². The summed E-state index contributed by atoms with van der Waals surface area (Å²) in [6.07, 6.45) is 2.61. The quantitative estimate of drug-likeness (QED) is 0.787. The first-order valence-electron chi connectivity index (χ1n) is 7.52. The van der Waals surface area contributed by atoms with E-state index in [2.05, 4.69) is 21.2 Å². The number of amides is 1. The van der Waals surface area contributed by atoms with Gasteiger partial charge in [0.05, 0.1) is 16.6 Å². The fourth-order valence-electron chi connectivity index (χ4n) is 2.65. The van der Waals surface area contributed by atoms with Gasteiger partial charge in [0.1, 0.15) is 9.97 Å². The van der Waals surface area contributed by atoms with Crippen LogP contribution in [0.3, 0.4) is 0 Å². The Bertz CT molecular complexity index is 793. The lowest BCUT2D eigenvalue weighted by molar-refractivity contribution is -0.126. The molecule has 0 bridgehead atoms. The van der Waals surface area contributed by atoms with Crippen molar-refractivity contribution in [3.63, 3.8) is 0 Å². The normalized spacial score (nSPS) is 17.0. The molecule has 24 heavy (non-hydrogen) atoms. The molecule has 3 heterocycles. The van der Waals surface area contributed by atoms with Gasteiger partial charge in [-0.05, 0) is 53.0 Å². The van der Waals surface area contributed by atoms with Gasteiger partial charge in [0, 0.05) is 19.0 Å². The number of carbonyl (C=O) groups is 1. The fourth-order valence-corrected chi connectivity index (χ4v) is 6.29. The number of thiophene rings is 1. The zero-order valence-electron chi connectivity index (χ0n) is 12.8. The van der Waals surface area contributed by atoms with Crippen LogP contribution in [0.4, 0.5) is 0 Å².